The standard InChI is InChI=1S/C13H11FN2O4S/c1-8-2-3-10(14)12(6-8)21(19,20)16-11-7-15-5-4-9(11)13(17)18/h2-7,16H,1H3,(H,17,18). The van der Waals surface area contributed by atoms with Crippen LogP contribution in [0.25, 0.3) is 0 Å². The molecule has 2 aromatic rings. The molecule has 2 N–H and O–H groups in total. The molecular formula is C13H11FN2O4S. The first-order valence-electron chi connectivity index (χ1n) is 5.77. The third kappa shape index (κ3) is 3.16. The van der Waals surface area contributed by atoms with Crippen molar-refractivity contribution in [2.45, 2.75) is 11.8 Å². The normalized spacial score (nSPS) is 11.1. The van der Waals surface area contributed by atoms with E-state index in [2.05, 4.69) is 4.98 Å². The summed E-state index contributed by atoms with van der Waals surface area (Å²) in [6.07, 6.45) is 2.27. The van der Waals surface area contributed by atoms with Gasteiger partial charge < -0.3 is 5.11 Å². The maximum absolute atomic E-state index is 13.7. The summed E-state index contributed by atoms with van der Waals surface area (Å²) in [6.45, 7) is 1.62. The van der Waals surface area contributed by atoms with Crippen LogP contribution in [0.3, 0.4) is 0 Å². The minimum Gasteiger partial charge on any atom is -0.478 e. The molecule has 0 aliphatic rings. The van der Waals surface area contributed by atoms with Crippen molar-refractivity contribution >= 4 is 21.7 Å². The van der Waals surface area contributed by atoms with Gasteiger partial charge in [-0.1, -0.05) is 6.07 Å². The van der Waals surface area contributed by atoms with Gasteiger partial charge in [-0.2, -0.15) is 0 Å². The molecule has 2 rings (SSSR count). The summed E-state index contributed by atoms with van der Waals surface area (Å²) in [6, 6.07) is 4.77. The molecule has 21 heavy (non-hydrogen) atoms. The molecule has 0 fully saturated rings. The molecule has 0 radical (unpaired) electrons. The Hall–Kier alpha value is -2.48. The van der Waals surface area contributed by atoms with Crippen LogP contribution in [-0.2, 0) is 10.0 Å². The molecule has 0 unspecified atom stereocenters. The number of hydrogen-bond donors (Lipinski definition) is 2. The molecule has 0 bridgehead atoms. The van der Waals surface area contributed by atoms with E-state index in [0.29, 0.717) is 5.56 Å². The number of benzene rings is 1. The van der Waals surface area contributed by atoms with Gasteiger partial charge in [-0.15, -0.1) is 0 Å². The number of carboxylic acids is 1. The highest BCUT2D eigenvalue weighted by Crippen LogP contribution is 2.22. The lowest BCUT2D eigenvalue weighted by Crippen LogP contribution is -2.17. The van der Waals surface area contributed by atoms with Crippen molar-refractivity contribution in [1.82, 2.24) is 4.98 Å². The van der Waals surface area contributed by atoms with Gasteiger partial charge in [-0.25, -0.2) is 17.6 Å². The first-order chi connectivity index (χ1) is 9.81. The minimum atomic E-state index is -4.25. The molecule has 0 aliphatic heterocycles. The average Bonchev–Trinajstić information content (AvgIpc) is 2.41. The number of aromatic nitrogens is 1. The Morgan fingerprint density at radius 3 is 2.71 bits per heavy atom. The van der Waals surface area contributed by atoms with E-state index in [1.54, 1.807) is 6.92 Å². The number of nitrogens with one attached hydrogen (secondary N) is 1. The monoisotopic (exact) mass is 310 g/mol. The summed E-state index contributed by atoms with van der Waals surface area (Å²) < 4.78 is 40.1. The van der Waals surface area contributed by atoms with E-state index in [1.165, 1.54) is 12.3 Å². The smallest absolute Gasteiger partial charge is 0.337 e. The number of rotatable bonds is 4. The Labute approximate surface area is 120 Å². The first-order valence-corrected chi connectivity index (χ1v) is 7.26. The molecule has 1 aromatic carbocycles. The summed E-state index contributed by atoms with van der Waals surface area (Å²) in [5.74, 6) is -2.24. The van der Waals surface area contributed by atoms with Crippen LogP contribution in [0.5, 0.6) is 0 Å². The highest BCUT2D eigenvalue weighted by Gasteiger charge is 2.22. The molecule has 1 heterocycles. The molecule has 8 heteroatoms. The van der Waals surface area contributed by atoms with Crippen LogP contribution in [0.2, 0.25) is 0 Å². The fraction of sp³-hybridized carbons (Fsp3) is 0.0769. The maximum atomic E-state index is 13.7. The highest BCUT2D eigenvalue weighted by atomic mass is 32.2. The van der Waals surface area contributed by atoms with E-state index in [0.717, 1.165) is 24.4 Å². The quantitative estimate of drug-likeness (QED) is 0.900. The van der Waals surface area contributed by atoms with Crippen LogP contribution in [0, 0.1) is 12.7 Å². The van der Waals surface area contributed by atoms with Gasteiger partial charge in [-0.3, -0.25) is 9.71 Å². The summed E-state index contributed by atoms with van der Waals surface area (Å²) in [5, 5.41) is 9.00. The van der Waals surface area contributed by atoms with Crippen molar-refractivity contribution in [2.24, 2.45) is 0 Å². The summed E-state index contributed by atoms with van der Waals surface area (Å²) >= 11 is 0. The minimum absolute atomic E-state index is 0.231. The molecule has 0 saturated carbocycles. The van der Waals surface area contributed by atoms with E-state index in [-0.39, 0.29) is 11.3 Å². The van der Waals surface area contributed by atoms with Gasteiger partial charge >= 0.3 is 5.97 Å². The highest BCUT2D eigenvalue weighted by molar-refractivity contribution is 7.92. The van der Waals surface area contributed by atoms with Gasteiger partial charge in [0.2, 0.25) is 0 Å². The fourth-order valence-corrected chi connectivity index (χ4v) is 2.91. The number of halogens is 1. The molecule has 0 saturated heterocycles. The van der Waals surface area contributed by atoms with Crippen molar-refractivity contribution < 1.29 is 22.7 Å². The lowest BCUT2D eigenvalue weighted by Gasteiger charge is -2.11. The predicted molar refractivity (Wildman–Crippen MR) is 73.1 cm³/mol. The molecular weight excluding hydrogens is 299 g/mol. The Kier molecular flexibility index (Phi) is 3.90. The Bertz CT molecular complexity index is 806. The van der Waals surface area contributed by atoms with E-state index in [1.807, 2.05) is 4.72 Å². The fourth-order valence-electron chi connectivity index (χ4n) is 1.68. The van der Waals surface area contributed by atoms with E-state index in [9.17, 15) is 17.6 Å². The number of carbonyl (C=O) groups is 1. The molecule has 110 valence electrons. The van der Waals surface area contributed by atoms with Crippen molar-refractivity contribution in [2.75, 3.05) is 4.72 Å². The number of hydrogen-bond acceptors (Lipinski definition) is 4. The Morgan fingerprint density at radius 2 is 2.05 bits per heavy atom. The van der Waals surface area contributed by atoms with E-state index in [4.69, 9.17) is 5.11 Å². The molecule has 6 nitrogen and oxygen atoms in total. The van der Waals surface area contributed by atoms with Gasteiger partial charge in [0.15, 0.2) is 0 Å². The van der Waals surface area contributed by atoms with Gasteiger partial charge in [0.05, 0.1) is 17.4 Å². The van der Waals surface area contributed by atoms with Crippen LogP contribution in [-0.4, -0.2) is 24.5 Å². The van der Waals surface area contributed by atoms with Gasteiger partial charge in [0.1, 0.15) is 10.7 Å². The van der Waals surface area contributed by atoms with Crippen LogP contribution < -0.4 is 4.72 Å². The van der Waals surface area contributed by atoms with E-state index < -0.39 is 26.7 Å². The van der Waals surface area contributed by atoms with E-state index >= 15 is 0 Å². The molecule has 0 aliphatic carbocycles. The van der Waals surface area contributed by atoms with Crippen LogP contribution in [0.1, 0.15) is 15.9 Å². The second kappa shape index (κ2) is 5.49. The van der Waals surface area contributed by atoms with Crippen LogP contribution in [0.4, 0.5) is 10.1 Å². The van der Waals surface area contributed by atoms with Crippen molar-refractivity contribution in [1.29, 1.82) is 0 Å². The van der Waals surface area contributed by atoms with Gasteiger partial charge in [0.25, 0.3) is 10.0 Å². The Morgan fingerprint density at radius 1 is 1.33 bits per heavy atom. The number of pyridine rings is 1. The number of carboxylic acid groups (broad SMARTS) is 1. The lowest BCUT2D eigenvalue weighted by atomic mass is 10.2. The summed E-state index contributed by atoms with van der Waals surface area (Å²) in [4.78, 5) is 14.1. The summed E-state index contributed by atoms with van der Waals surface area (Å²) in [7, 11) is -4.25. The number of nitrogens with zero attached hydrogens (tertiary/aromatic N) is 1. The topological polar surface area (TPSA) is 96.4 Å². The molecule has 0 spiro atoms. The number of sulfonamides is 1. The number of anilines is 1. The predicted octanol–water partition coefficient (Wildman–Crippen LogP) is 2.03. The second-order valence-corrected chi connectivity index (χ2v) is 5.92. The summed E-state index contributed by atoms with van der Waals surface area (Å²) in [5.41, 5.74) is 0.0500. The SMILES string of the molecule is Cc1ccc(F)c(S(=O)(=O)Nc2cnccc2C(=O)O)c1. The van der Waals surface area contributed by atoms with Crippen molar-refractivity contribution in [3.05, 3.63) is 53.6 Å². The zero-order chi connectivity index (χ0) is 15.6. The maximum Gasteiger partial charge on any atom is 0.337 e. The lowest BCUT2D eigenvalue weighted by molar-refractivity contribution is 0.0698. The van der Waals surface area contributed by atoms with Crippen LogP contribution in [0.15, 0.2) is 41.6 Å². The largest absolute Gasteiger partial charge is 0.478 e. The third-order valence-corrected chi connectivity index (χ3v) is 4.05. The second-order valence-electron chi connectivity index (χ2n) is 4.27. The third-order valence-electron chi connectivity index (χ3n) is 2.67. The molecule has 0 amide bonds. The van der Waals surface area contributed by atoms with Crippen LogP contribution >= 0.6 is 0 Å². The van der Waals surface area contributed by atoms with Crippen molar-refractivity contribution in [3.63, 3.8) is 0 Å². The van der Waals surface area contributed by atoms with Gasteiger partial charge in [0, 0.05) is 6.20 Å². The number of aromatic carboxylic acids is 1. The zero-order valence-electron chi connectivity index (χ0n) is 10.9. The first kappa shape index (κ1) is 14.9. The van der Waals surface area contributed by atoms with Crippen molar-refractivity contribution in [3.8, 4) is 0 Å². The Balaban J connectivity index is 2.48. The van der Waals surface area contributed by atoms with Gasteiger partial charge in [-0.05, 0) is 30.7 Å². The average molecular weight is 310 g/mol. The zero-order valence-corrected chi connectivity index (χ0v) is 11.7. The molecule has 1 aromatic heterocycles. The molecule has 0 atom stereocenters. The number of aryl methyl sites for hydroxylation is 1.